The van der Waals surface area contributed by atoms with Gasteiger partial charge in [-0.25, -0.2) is 9.18 Å². The van der Waals surface area contributed by atoms with E-state index in [9.17, 15) is 19.1 Å². The third-order valence-electron chi connectivity index (χ3n) is 5.67. The Morgan fingerprint density at radius 1 is 1.12 bits per heavy atom. The summed E-state index contributed by atoms with van der Waals surface area (Å²) in [6.45, 7) is 4.60. The van der Waals surface area contributed by atoms with E-state index in [2.05, 4.69) is 4.98 Å². The van der Waals surface area contributed by atoms with Crippen molar-refractivity contribution in [2.24, 2.45) is 0 Å². The number of rotatable bonds is 4. The Balaban J connectivity index is 1.82. The second-order valence-electron chi connectivity index (χ2n) is 8.32. The van der Waals surface area contributed by atoms with Gasteiger partial charge >= 0.3 is 5.97 Å². The maximum absolute atomic E-state index is 13.6. The van der Waals surface area contributed by atoms with Crippen LogP contribution in [0.25, 0.3) is 10.9 Å². The maximum Gasteiger partial charge on any atom is 0.341 e. The Bertz CT molecular complexity index is 1200. The van der Waals surface area contributed by atoms with E-state index in [0.717, 1.165) is 11.1 Å². The Morgan fingerprint density at radius 3 is 2.42 bits per heavy atom. The third-order valence-corrected chi connectivity index (χ3v) is 5.67. The largest absolute Gasteiger partial charge is 0.505 e. The van der Waals surface area contributed by atoms with Crippen molar-refractivity contribution in [2.45, 2.75) is 32.5 Å². The van der Waals surface area contributed by atoms with Gasteiger partial charge < -0.3 is 19.5 Å². The van der Waals surface area contributed by atoms with Crippen LogP contribution in [0.3, 0.4) is 0 Å². The first-order valence-electron chi connectivity index (χ1n) is 10.7. The molecule has 0 saturated carbocycles. The standard InChI is InChI=1S/C25H25FN2O5/c1-14-12-28(13-15(2)33-14)24(30)20-10-21(25(31)32-3)23(29)22-19(20)9-17(11-27-22)8-16-4-6-18(26)7-5-16/h4-7,9-11,14-15,29H,8,12-13H2,1-3H3. The molecule has 1 fully saturated rings. The molecular weight excluding hydrogens is 427 g/mol. The third kappa shape index (κ3) is 4.66. The smallest absolute Gasteiger partial charge is 0.341 e. The molecule has 0 aliphatic carbocycles. The molecular formula is C25H25FN2O5. The fourth-order valence-corrected chi connectivity index (χ4v) is 4.21. The summed E-state index contributed by atoms with van der Waals surface area (Å²) in [5.41, 5.74) is 1.91. The summed E-state index contributed by atoms with van der Waals surface area (Å²) >= 11 is 0. The fourth-order valence-electron chi connectivity index (χ4n) is 4.21. The van der Waals surface area contributed by atoms with Crippen molar-refractivity contribution in [1.82, 2.24) is 9.88 Å². The number of aromatic hydroxyl groups is 1. The number of esters is 1. The van der Waals surface area contributed by atoms with Crippen LogP contribution in [0, 0.1) is 5.82 Å². The van der Waals surface area contributed by atoms with E-state index < -0.39 is 5.97 Å². The number of aromatic nitrogens is 1. The molecule has 2 heterocycles. The molecule has 7 nitrogen and oxygen atoms in total. The van der Waals surface area contributed by atoms with E-state index in [0.29, 0.717) is 24.9 Å². The fraction of sp³-hybridized carbons (Fsp3) is 0.320. The van der Waals surface area contributed by atoms with Gasteiger partial charge in [0.15, 0.2) is 5.75 Å². The second-order valence-corrected chi connectivity index (χ2v) is 8.32. The number of phenolic OH excluding ortho intramolecular Hbond substituents is 1. The van der Waals surface area contributed by atoms with Crippen molar-refractivity contribution in [2.75, 3.05) is 20.2 Å². The molecule has 1 aliphatic heterocycles. The molecule has 0 radical (unpaired) electrons. The molecule has 1 aliphatic rings. The number of amides is 1. The van der Waals surface area contributed by atoms with Crippen LogP contribution in [0.5, 0.6) is 5.75 Å². The number of benzene rings is 2. The zero-order chi connectivity index (χ0) is 23.7. The quantitative estimate of drug-likeness (QED) is 0.607. The van der Waals surface area contributed by atoms with E-state index in [1.807, 2.05) is 13.8 Å². The number of fused-ring (bicyclic) bond motifs is 1. The van der Waals surface area contributed by atoms with E-state index in [-0.39, 0.29) is 46.3 Å². The molecule has 8 heteroatoms. The predicted octanol–water partition coefficient (Wildman–Crippen LogP) is 3.71. The van der Waals surface area contributed by atoms with Gasteiger partial charge in [0.1, 0.15) is 16.9 Å². The van der Waals surface area contributed by atoms with E-state index in [1.54, 1.807) is 29.3 Å². The minimum atomic E-state index is -0.760. The lowest BCUT2D eigenvalue weighted by molar-refractivity contribution is -0.0585. The molecule has 2 aromatic carbocycles. The van der Waals surface area contributed by atoms with Gasteiger partial charge in [0.25, 0.3) is 5.91 Å². The zero-order valence-corrected chi connectivity index (χ0v) is 18.7. The predicted molar refractivity (Wildman–Crippen MR) is 120 cm³/mol. The zero-order valence-electron chi connectivity index (χ0n) is 18.7. The van der Waals surface area contributed by atoms with Crippen LogP contribution >= 0.6 is 0 Å². The Hall–Kier alpha value is -3.52. The molecule has 1 saturated heterocycles. The normalized spacial score (nSPS) is 18.4. The average Bonchev–Trinajstić information content (AvgIpc) is 2.79. The van der Waals surface area contributed by atoms with E-state index in [4.69, 9.17) is 9.47 Å². The van der Waals surface area contributed by atoms with Crippen molar-refractivity contribution in [3.05, 3.63) is 70.7 Å². The molecule has 3 aromatic rings. The first kappa shape index (κ1) is 22.7. The number of halogens is 1. The van der Waals surface area contributed by atoms with Gasteiger partial charge in [-0.2, -0.15) is 0 Å². The summed E-state index contributed by atoms with van der Waals surface area (Å²) in [4.78, 5) is 31.9. The first-order chi connectivity index (χ1) is 15.8. The first-order valence-corrected chi connectivity index (χ1v) is 10.7. The number of morpholine rings is 1. The minimum Gasteiger partial charge on any atom is -0.505 e. The molecule has 4 rings (SSSR count). The Labute approximate surface area is 190 Å². The molecule has 0 spiro atoms. The number of carbonyl (C=O) groups is 2. The van der Waals surface area contributed by atoms with Crippen LogP contribution < -0.4 is 0 Å². The van der Waals surface area contributed by atoms with Crippen LogP contribution in [0.2, 0.25) is 0 Å². The summed E-state index contributed by atoms with van der Waals surface area (Å²) in [6, 6.07) is 9.26. The molecule has 33 heavy (non-hydrogen) atoms. The summed E-state index contributed by atoms with van der Waals surface area (Å²) in [7, 11) is 1.21. The SMILES string of the molecule is COC(=O)c1cc(C(=O)N2CC(C)OC(C)C2)c2cc(Cc3ccc(F)cc3)cnc2c1O. The maximum atomic E-state index is 13.6. The van der Waals surface area contributed by atoms with Crippen molar-refractivity contribution in [3.63, 3.8) is 0 Å². The molecule has 172 valence electrons. The summed E-state index contributed by atoms with van der Waals surface area (Å²) in [5.74, 6) is -1.71. The molecule has 0 bridgehead atoms. The Kier molecular flexibility index (Phi) is 6.29. The van der Waals surface area contributed by atoms with Gasteiger partial charge in [0.05, 0.1) is 24.9 Å². The van der Waals surface area contributed by atoms with Crippen LogP contribution in [-0.4, -0.2) is 59.3 Å². The lowest BCUT2D eigenvalue weighted by Gasteiger charge is -2.35. The highest BCUT2D eigenvalue weighted by molar-refractivity contribution is 6.11. The average molecular weight is 452 g/mol. The Morgan fingerprint density at radius 2 is 1.79 bits per heavy atom. The second kappa shape index (κ2) is 9.15. The van der Waals surface area contributed by atoms with Crippen molar-refractivity contribution in [1.29, 1.82) is 0 Å². The number of hydrogen-bond acceptors (Lipinski definition) is 6. The van der Waals surface area contributed by atoms with Gasteiger partial charge in [0.2, 0.25) is 0 Å². The number of carbonyl (C=O) groups excluding carboxylic acids is 2. The number of phenols is 1. The molecule has 1 amide bonds. The van der Waals surface area contributed by atoms with Gasteiger partial charge in [-0.1, -0.05) is 12.1 Å². The molecule has 2 atom stereocenters. The van der Waals surface area contributed by atoms with Crippen molar-refractivity contribution in [3.8, 4) is 5.75 Å². The summed E-state index contributed by atoms with van der Waals surface area (Å²) < 4.78 is 23.8. The highest BCUT2D eigenvalue weighted by Crippen LogP contribution is 2.33. The molecule has 1 aromatic heterocycles. The molecule has 2 unspecified atom stereocenters. The number of nitrogens with zero attached hydrogens (tertiary/aromatic N) is 2. The number of methoxy groups -OCH3 is 1. The number of hydrogen-bond donors (Lipinski definition) is 1. The van der Waals surface area contributed by atoms with Crippen LogP contribution in [0.1, 0.15) is 45.7 Å². The van der Waals surface area contributed by atoms with E-state index in [1.165, 1.54) is 25.3 Å². The van der Waals surface area contributed by atoms with Crippen LogP contribution in [-0.2, 0) is 15.9 Å². The van der Waals surface area contributed by atoms with Gasteiger partial charge in [-0.3, -0.25) is 9.78 Å². The monoisotopic (exact) mass is 452 g/mol. The summed E-state index contributed by atoms with van der Waals surface area (Å²) in [6.07, 6.45) is 1.77. The number of pyridine rings is 1. The van der Waals surface area contributed by atoms with E-state index >= 15 is 0 Å². The minimum absolute atomic E-state index is 0.124. The number of ether oxygens (including phenoxy) is 2. The summed E-state index contributed by atoms with van der Waals surface area (Å²) in [5, 5.41) is 11.1. The lowest BCUT2D eigenvalue weighted by atomic mass is 9.98. The van der Waals surface area contributed by atoms with Crippen LogP contribution in [0.15, 0.2) is 42.6 Å². The highest BCUT2D eigenvalue weighted by Gasteiger charge is 2.30. The van der Waals surface area contributed by atoms with Crippen molar-refractivity contribution < 1.29 is 28.6 Å². The lowest BCUT2D eigenvalue weighted by Crippen LogP contribution is -2.48. The van der Waals surface area contributed by atoms with Gasteiger partial charge in [-0.05, 0) is 55.7 Å². The highest BCUT2D eigenvalue weighted by atomic mass is 19.1. The van der Waals surface area contributed by atoms with Crippen LogP contribution in [0.4, 0.5) is 4.39 Å². The van der Waals surface area contributed by atoms with Gasteiger partial charge in [0, 0.05) is 24.7 Å². The topological polar surface area (TPSA) is 89.0 Å². The molecule has 1 N–H and O–H groups in total. The van der Waals surface area contributed by atoms with Crippen molar-refractivity contribution >= 4 is 22.8 Å². The van der Waals surface area contributed by atoms with Gasteiger partial charge in [-0.15, -0.1) is 0 Å².